The number of ether oxygens (including phenoxy) is 1. The first-order chi connectivity index (χ1) is 11.7. The van der Waals surface area contributed by atoms with Gasteiger partial charge in [-0.1, -0.05) is 23.7 Å². The molecule has 0 radical (unpaired) electrons. The summed E-state index contributed by atoms with van der Waals surface area (Å²) in [4.78, 5) is 27.6. The fourth-order valence-corrected chi connectivity index (χ4v) is 2.92. The average molecular weight is 383 g/mol. The van der Waals surface area contributed by atoms with Crippen molar-refractivity contribution in [3.8, 4) is 0 Å². The van der Waals surface area contributed by atoms with Crippen molar-refractivity contribution in [1.82, 2.24) is 4.98 Å². The van der Waals surface area contributed by atoms with Gasteiger partial charge in [-0.25, -0.2) is 18.2 Å². The van der Waals surface area contributed by atoms with E-state index in [-0.39, 0.29) is 16.5 Å². The van der Waals surface area contributed by atoms with Crippen molar-refractivity contribution in [1.29, 1.82) is 0 Å². The lowest BCUT2D eigenvalue weighted by atomic mass is 10.1. The third-order valence-electron chi connectivity index (χ3n) is 2.96. The van der Waals surface area contributed by atoms with Crippen molar-refractivity contribution < 1.29 is 22.7 Å². The number of pyridine rings is 1. The van der Waals surface area contributed by atoms with Crippen molar-refractivity contribution >= 4 is 39.0 Å². The van der Waals surface area contributed by atoms with Gasteiger partial charge in [0, 0.05) is 12.5 Å². The third kappa shape index (κ3) is 6.17. The molecular weight excluding hydrogens is 368 g/mol. The lowest BCUT2D eigenvalue weighted by Crippen LogP contribution is -2.21. The number of amides is 1. The van der Waals surface area contributed by atoms with Crippen LogP contribution in [-0.4, -0.2) is 38.1 Å². The standard InChI is InChI=1S/C16H15ClN2O5S/c1-25(22,23)10-11-4-2-5-12(8-11)16(21)24-9-14(20)19-13-6-3-7-18-15(13)17/h2-8H,9-10H2,1H3,(H,19,20). The topological polar surface area (TPSA) is 102 Å². The van der Waals surface area contributed by atoms with Crippen LogP contribution in [0.25, 0.3) is 0 Å². The Morgan fingerprint density at radius 3 is 2.68 bits per heavy atom. The minimum atomic E-state index is -3.22. The Morgan fingerprint density at radius 1 is 1.24 bits per heavy atom. The molecule has 0 bridgehead atoms. The first-order valence-electron chi connectivity index (χ1n) is 7.09. The molecule has 0 fully saturated rings. The van der Waals surface area contributed by atoms with Crippen LogP contribution < -0.4 is 5.32 Å². The Kier molecular flexibility index (Phi) is 6.11. The summed E-state index contributed by atoms with van der Waals surface area (Å²) in [6, 6.07) is 9.19. The van der Waals surface area contributed by atoms with Crippen LogP contribution in [0.15, 0.2) is 42.6 Å². The van der Waals surface area contributed by atoms with E-state index < -0.39 is 28.3 Å². The molecule has 9 heteroatoms. The highest BCUT2D eigenvalue weighted by Gasteiger charge is 2.13. The van der Waals surface area contributed by atoms with Crippen LogP contribution in [0.5, 0.6) is 0 Å². The van der Waals surface area contributed by atoms with Gasteiger partial charge < -0.3 is 10.1 Å². The SMILES string of the molecule is CS(=O)(=O)Cc1cccc(C(=O)OCC(=O)Nc2cccnc2Cl)c1. The van der Waals surface area contributed by atoms with Crippen LogP contribution >= 0.6 is 11.6 Å². The van der Waals surface area contributed by atoms with Gasteiger partial charge >= 0.3 is 5.97 Å². The zero-order valence-electron chi connectivity index (χ0n) is 13.2. The highest BCUT2D eigenvalue weighted by atomic mass is 35.5. The van der Waals surface area contributed by atoms with Crippen LogP contribution in [0, 0.1) is 0 Å². The Balaban J connectivity index is 1.95. The fourth-order valence-electron chi connectivity index (χ4n) is 1.97. The number of hydrogen-bond acceptors (Lipinski definition) is 6. The summed E-state index contributed by atoms with van der Waals surface area (Å²) in [7, 11) is -3.22. The number of nitrogens with zero attached hydrogens (tertiary/aromatic N) is 1. The molecule has 2 aromatic rings. The third-order valence-corrected chi connectivity index (χ3v) is 4.12. The second kappa shape index (κ2) is 8.09. The highest BCUT2D eigenvalue weighted by molar-refractivity contribution is 7.89. The van der Waals surface area contributed by atoms with Gasteiger partial charge in [-0.3, -0.25) is 4.79 Å². The number of carbonyl (C=O) groups excluding carboxylic acids is 2. The molecule has 0 aliphatic carbocycles. The molecule has 1 amide bonds. The largest absolute Gasteiger partial charge is 0.452 e. The molecule has 0 saturated carbocycles. The van der Waals surface area contributed by atoms with Crippen LogP contribution in [0.2, 0.25) is 5.15 Å². The minimum Gasteiger partial charge on any atom is -0.452 e. The minimum absolute atomic E-state index is 0.121. The van der Waals surface area contributed by atoms with Gasteiger partial charge in [0.25, 0.3) is 5.91 Å². The van der Waals surface area contributed by atoms with Crippen LogP contribution in [-0.2, 0) is 25.1 Å². The smallest absolute Gasteiger partial charge is 0.338 e. The summed E-state index contributed by atoms with van der Waals surface area (Å²) < 4.78 is 27.5. The van der Waals surface area contributed by atoms with Crippen LogP contribution in [0.3, 0.4) is 0 Å². The van der Waals surface area contributed by atoms with Gasteiger partial charge in [0.2, 0.25) is 0 Å². The Morgan fingerprint density at radius 2 is 2.00 bits per heavy atom. The zero-order valence-corrected chi connectivity index (χ0v) is 14.8. The lowest BCUT2D eigenvalue weighted by Gasteiger charge is -2.08. The molecule has 0 saturated heterocycles. The summed E-state index contributed by atoms with van der Waals surface area (Å²) in [5, 5.41) is 2.59. The number of sulfone groups is 1. The van der Waals surface area contributed by atoms with Crippen LogP contribution in [0.4, 0.5) is 5.69 Å². The summed E-state index contributed by atoms with van der Waals surface area (Å²) >= 11 is 5.81. The van der Waals surface area contributed by atoms with Crippen LogP contribution in [0.1, 0.15) is 15.9 Å². The summed E-state index contributed by atoms with van der Waals surface area (Å²) in [5.41, 5.74) is 0.928. The molecule has 1 heterocycles. The normalized spacial score (nSPS) is 11.0. The summed E-state index contributed by atoms with van der Waals surface area (Å²) in [6.45, 7) is -0.514. The number of rotatable bonds is 6. The lowest BCUT2D eigenvalue weighted by molar-refractivity contribution is -0.119. The monoisotopic (exact) mass is 382 g/mol. The molecule has 0 spiro atoms. The van der Waals surface area contributed by atoms with Gasteiger partial charge in [0.15, 0.2) is 21.6 Å². The molecule has 1 N–H and O–H groups in total. The van der Waals surface area contributed by atoms with Gasteiger partial charge in [0.05, 0.1) is 17.0 Å². The molecule has 0 aliphatic rings. The number of esters is 1. The Labute approximate surface area is 149 Å². The number of halogens is 1. The van der Waals surface area contributed by atoms with E-state index in [9.17, 15) is 18.0 Å². The van der Waals surface area contributed by atoms with Crippen molar-refractivity contribution in [3.63, 3.8) is 0 Å². The number of nitrogens with one attached hydrogen (secondary N) is 1. The first kappa shape index (κ1) is 18.9. The van der Waals surface area contributed by atoms with E-state index in [1.807, 2.05) is 0 Å². The molecular formula is C16H15ClN2O5S. The molecule has 25 heavy (non-hydrogen) atoms. The molecule has 7 nitrogen and oxygen atoms in total. The quantitative estimate of drug-likeness (QED) is 0.606. The van der Waals surface area contributed by atoms with Gasteiger partial charge in [-0.05, 0) is 29.8 Å². The van der Waals surface area contributed by atoms with Crippen molar-refractivity contribution in [2.24, 2.45) is 0 Å². The molecule has 0 aliphatic heterocycles. The second-order valence-electron chi connectivity index (χ2n) is 5.24. The molecule has 0 unspecified atom stereocenters. The van der Waals surface area contributed by atoms with E-state index >= 15 is 0 Å². The molecule has 132 valence electrons. The van der Waals surface area contributed by atoms with Crippen molar-refractivity contribution in [3.05, 3.63) is 58.9 Å². The number of hydrogen-bond donors (Lipinski definition) is 1. The number of carbonyl (C=O) groups is 2. The number of aromatic nitrogens is 1. The maximum Gasteiger partial charge on any atom is 0.338 e. The Hall–Kier alpha value is -2.45. The van der Waals surface area contributed by atoms with Crippen molar-refractivity contribution in [2.75, 3.05) is 18.2 Å². The first-order valence-corrected chi connectivity index (χ1v) is 9.52. The maximum atomic E-state index is 12.0. The molecule has 1 aromatic heterocycles. The molecule has 0 atom stereocenters. The van der Waals surface area contributed by atoms with Gasteiger partial charge in [0.1, 0.15) is 0 Å². The average Bonchev–Trinajstić information content (AvgIpc) is 2.53. The van der Waals surface area contributed by atoms with E-state index in [0.29, 0.717) is 11.3 Å². The Bertz CT molecular complexity index is 899. The summed E-state index contributed by atoms with van der Waals surface area (Å²) in [6.07, 6.45) is 2.58. The number of anilines is 1. The fraction of sp³-hybridized carbons (Fsp3) is 0.188. The zero-order chi connectivity index (χ0) is 18.4. The molecule has 1 aromatic carbocycles. The van der Waals surface area contributed by atoms with E-state index in [2.05, 4.69) is 10.3 Å². The van der Waals surface area contributed by atoms with Crippen molar-refractivity contribution in [2.45, 2.75) is 5.75 Å². The maximum absolute atomic E-state index is 12.0. The highest BCUT2D eigenvalue weighted by Crippen LogP contribution is 2.17. The van der Waals surface area contributed by atoms with E-state index in [0.717, 1.165) is 6.26 Å². The van der Waals surface area contributed by atoms with E-state index in [1.165, 1.54) is 18.3 Å². The predicted molar refractivity (Wildman–Crippen MR) is 93.1 cm³/mol. The number of benzene rings is 1. The van der Waals surface area contributed by atoms with E-state index in [1.54, 1.807) is 24.3 Å². The second-order valence-corrected chi connectivity index (χ2v) is 7.73. The van der Waals surface area contributed by atoms with Gasteiger partial charge in [-0.15, -0.1) is 0 Å². The predicted octanol–water partition coefficient (Wildman–Crippen LogP) is 2.08. The summed E-state index contributed by atoms with van der Waals surface area (Å²) in [5.74, 6) is -1.49. The molecule has 2 rings (SSSR count). The van der Waals surface area contributed by atoms with Gasteiger partial charge in [-0.2, -0.15) is 0 Å². The van der Waals surface area contributed by atoms with E-state index in [4.69, 9.17) is 16.3 Å².